The van der Waals surface area contributed by atoms with Crippen LogP contribution in [0.2, 0.25) is 26.2 Å². The molecule has 0 radical (unpaired) electrons. The number of rotatable bonds is 12. The molecule has 2 heteroatoms. The molecule has 5 rings (SSSR count). The average molecular weight is 607 g/mol. The van der Waals surface area contributed by atoms with Gasteiger partial charge in [0, 0.05) is 0 Å². The lowest BCUT2D eigenvalue weighted by Crippen LogP contribution is -2.36. The predicted octanol–water partition coefficient (Wildman–Crippen LogP) is 11.2. The number of hydrogen-bond donors (Lipinski definition) is 0. The largest absolute Gasteiger partial charge is 0.0689 e. The molecule has 0 saturated heterocycles. The molecule has 0 aliphatic rings. The molecule has 0 heterocycles. The van der Waals surface area contributed by atoms with E-state index in [1.165, 1.54) is 57.6 Å². The summed E-state index contributed by atoms with van der Waals surface area (Å²) in [5.41, 5.74) is 11.1. The smallest absolute Gasteiger partial charge is 0.0561 e. The summed E-state index contributed by atoms with van der Waals surface area (Å²) in [6, 6.07) is 53.6. The number of benzene rings is 5. The fourth-order valence-electron chi connectivity index (χ4n) is 6.17. The van der Waals surface area contributed by atoms with Gasteiger partial charge in [-0.05, 0) is 57.6 Å². The molecule has 0 atom stereocenters. The molecule has 44 heavy (non-hydrogen) atoms. The second-order valence-corrected chi connectivity index (χ2v) is 23.8. The van der Waals surface area contributed by atoms with Gasteiger partial charge in [0.05, 0.1) is 16.1 Å². The van der Waals surface area contributed by atoms with Crippen molar-refractivity contribution < 1.29 is 0 Å². The third-order valence-electron chi connectivity index (χ3n) is 8.32. The molecule has 0 amide bonds. The highest BCUT2D eigenvalue weighted by atomic mass is 28.3. The first kappa shape index (κ1) is 31.4. The first-order valence-corrected chi connectivity index (χ1v) is 22.8. The highest BCUT2D eigenvalue weighted by Crippen LogP contribution is 2.25. The summed E-state index contributed by atoms with van der Waals surface area (Å²) in [5, 5.41) is 0. The Hall–Kier alpha value is -3.99. The molecule has 0 unspecified atom stereocenters. The third kappa shape index (κ3) is 9.77. The van der Waals surface area contributed by atoms with Gasteiger partial charge in [0.1, 0.15) is 0 Å². The zero-order valence-electron chi connectivity index (χ0n) is 26.8. The lowest BCUT2D eigenvalue weighted by molar-refractivity contribution is 1.14. The van der Waals surface area contributed by atoms with E-state index in [9.17, 15) is 0 Å². The van der Waals surface area contributed by atoms with Crippen LogP contribution in [0.4, 0.5) is 0 Å². The molecular formula is C42H46Si2. The van der Waals surface area contributed by atoms with Gasteiger partial charge in [0.15, 0.2) is 0 Å². The first-order chi connectivity index (χ1) is 21.2. The second-order valence-electron chi connectivity index (χ2n) is 13.8. The van der Waals surface area contributed by atoms with E-state index in [1.54, 1.807) is 11.1 Å². The molecule has 0 aromatic heterocycles. The van der Waals surface area contributed by atoms with E-state index in [0.717, 1.165) is 0 Å². The van der Waals surface area contributed by atoms with Crippen molar-refractivity contribution in [1.82, 2.24) is 0 Å². The van der Waals surface area contributed by atoms with Crippen LogP contribution in [-0.2, 0) is 24.2 Å². The molecule has 0 spiro atoms. The van der Waals surface area contributed by atoms with E-state index >= 15 is 0 Å². The Morgan fingerprint density at radius 2 is 0.636 bits per heavy atom. The fraction of sp³-hybridized carbons (Fsp3) is 0.190. The molecule has 0 saturated carbocycles. The highest BCUT2D eigenvalue weighted by Gasteiger charge is 2.26. The summed E-state index contributed by atoms with van der Waals surface area (Å²) in [6.07, 6.45) is 8.80. The summed E-state index contributed by atoms with van der Waals surface area (Å²) >= 11 is 0. The Labute approximate surface area is 267 Å². The Morgan fingerprint density at radius 1 is 0.341 bits per heavy atom. The van der Waals surface area contributed by atoms with Crippen LogP contribution >= 0.6 is 0 Å². The standard InChI is InChI=1S/C42H46Si2/c1-43(2,31-39-27-23-37(24-28-39)21-19-35-13-7-5-8-14-35)33-41-17-11-12-18-42(41)34-44(3,4)32-40-29-25-38(26-30-40)22-20-36-15-9-6-10-16-36/h5-30H,31-34H2,1-4H3/b21-19-,22-20-. The van der Waals surface area contributed by atoms with E-state index in [-0.39, 0.29) is 0 Å². The van der Waals surface area contributed by atoms with Crippen molar-refractivity contribution in [2.45, 2.75) is 50.4 Å². The highest BCUT2D eigenvalue weighted by molar-refractivity contribution is 6.77. The van der Waals surface area contributed by atoms with E-state index in [2.05, 4.69) is 184 Å². The van der Waals surface area contributed by atoms with Gasteiger partial charge >= 0.3 is 0 Å². The van der Waals surface area contributed by atoms with Gasteiger partial charge in [-0.1, -0.05) is 195 Å². The third-order valence-corrected chi connectivity index (χ3v) is 13.7. The van der Waals surface area contributed by atoms with Crippen LogP contribution in [0, 0.1) is 0 Å². The van der Waals surface area contributed by atoms with Crippen molar-refractivity contribution in [3.8, 4) is 0 Å². The summed E-state index contributed by atoms with van der Waals surface area (Å²) in [4.78, 5) is 0. The van der Waals surface area contributed by atoms with Crippen LogP contribution in [0.15, 0.2) is 133 Å². The zero-order chi connectivity index (χ0) is 30.8. The van der Waals surface area contributed by atoms with Gasteiger partial charge in [0.2, 0.25) is 0 Å². The van der Waals surface area contributed by atoms with Crippen molar-refractivity contribution in [1.29, 1.82) is 0 Å². The Bertz CT molecular complexity index is 1530. The molecule has 0 aliphatic carbocycles. The second kappa shape index (κ2) is 14.7. The molecular weight excluding hydrogens is 561 g/mol. The van der Waals surface area contributed by atoms with Gasteiger partial charge in [-0.25, -0.2) is 0 Å². The zero-order valence-corrected chi connectivity index (χ0v) is 28.8. The Morgan fingerprint density at radius 3 is 0.977 bits per heavy atom. The lowest BCUT2D eigenvalue weighted by Gasteiger charge is -2.27. The first-order valence-electron chi connectivity index (χ1n) is 15.9. The lowest BCUT2D eigenvalue weighted by atomic mass is 10.1. The van der Waals surface area contributed by atoms with Gasteiger partial charge < -0.3 is 0 Å². The summed E-state index contributed by atoms with van der Waals surface area (Å²) in [6.45, 7) is 10.2. The van der Waals surface area contributed by atoms with Crippen LogP contribution in [0.3, 0.4) is 0 Å². The molecule has 0 fully saturated rings. The van der Waals surface area contributed by atoms with Crippen LogP contribution in [-0.4, -0.2) is 16.1 Å². The fourth-order valence-corrected chi connectivity index (χ4v) is 11.9. The monoisotopic (exact) mass is 606 g/mol. The molecule has 5 aromatic carbocycles. The van der Waals surface area contributed by atoms with Crippen molar-refractivity contribution in [2.75, 3.05) is 0 Å². The molecule has 5 aromatic rings. The van der Waals surface area contributed by atoms with E-state index in [4.69, 9.17) is 0 Å². The topological polar surface area (TPSA) is 0 Å². The molecule has 0 bridgehead atoms. The average Bonchev–Trinajstić information content (AvgIpc) is 3.02. The minimum Gasteiger partial charge on any atom is -0.0689 e. The molecule has 0 aliphatic heterocycles. The Balaban J connectivity index is 1.19. The maximum Gasteiger partial charge on any atom is 0.0561 e. The van der Waals surface area contributed by atoms with Crippen molar-refractivity contribution in [2.24, 2.45) is 0 Å². The van der Waals surface area contributed by atoms with Crippen molar-refractivity contribution in [3.63, 3.8) is 0 Å². The van der Waals surface area contributed by atoms with Gasteiger partial charge in [0.25, 0.3) is 0 Å². The quantitative estimate of drug-likeness (QED) is 0.0979. The van der Waals surface area contributed by atoms with Gasteiger partial charge in [-0.3, -0.25) is 0 Å². The minimum atomic E-state index is -1.50. The number of hydrogen-bond acceptors (Lipinski definition) is 0. The van der Waals surface area contributed by atoms with Crippen molar-refractivity contribution in [3.05, 3.63) is 178 Å². The minimum absolute atomic E-state index is 1.20. The van der Waals surface area contributed by atoms with E-state index in [1.807, 2.05) is 0 Å². The van der Waals surface area contributed by atoms with Crippen LogP contribution in [0.25, 0.3) is 24.3 Å². The van der Waals surface area contributed by atoms with Crippen molar-refractivity contribution >= 4 is 40.5 Å². The Kier molecular flexibility index (Phi) is 10.5. The van der Waals surface area contributed by atoms with E-state index < -0.39 is 16.1 Å². The molecule has 0 N–H and O–H groups in total. The molecule has 222 valence electrons. The van der Waals surface area contributed by atoms with Gasteiger partial charge in [-0.2, -0.15) is 0 Å². The van der Waals surface area contributed by atoms with Crippen LogP contribution < -0.4 is 0 Å². The van der Waals surface area contributed by atoms with Crippen LogP contribution in [0.5, 0.6) is 0 Å². The van der Waals surface area contributed by atoms with E-state index in [0.29, 0.717) is 0 Å². The SMILES string of the molecule is C[Si](C)(Cc1ccc(/C=C\c2ccccc2)cc1)Cc1ccccc1C[Si](C)(C)Cc1ccc(/C=C\c2ccccc2)cc1. The molecule has 0 nitrogen and oxygen atoms in total. The predicted molar refractivity (Wildman–Crippen MR) is 200 cm³/mol. The normalized spacial score (nSPS) is 12.3. The summed E-state index contributed by atoms with van der Waals surface area (Å²) < 4.78 is 0. The van der Waals surface area contributed by atoms with Gasteiger partial charge in [-0.15, -0.1) is 0 Å². The van der Waals surface area contributed by atoms with Crippen LogP contribution in [0.1, 0.15) is 44.5 Å². The summed E-state index contributed by atoms with van der Waals surface area (Å²) in [7, 11) is -3.00. The summed E-state index contributed by atoms with van der Waals surface area (Å²) in [5.74, 6) is 0. The maximum atomic E-state index is 2.56. The maximum absolute atomic E-state index is 2.56.